The maximum atomic E-state index is 6.13. The molecule has 0 atom stereocenters. The molecule has 18 heavy (non-hydrogen) atoms. The highest BCUT2D eigenvalue weighted by Crippen LogP contribution is 2.51. The Bertz CT molecular complexity index is 548. The molecule has 0 N–H and O–H groups in total. The second-order valence-electron chi connectivity index (χ2n) is 3.63. The first-order valence-electron chi connectivity index (χ1n) is 4.88. The van der Waals surface area contributed by atoms with Crippen molar-refractivity contribution in [3.63, 3.8) is 0 Å². The average molecular weight is 443 g/mol. The topological polar surface area (TPSA) is 0 Å². The summed E-state index contributed by atoms with van der Waals surface area (Å²) in [6, 6.07) is 8.08. The molecule has 2 aromatic carbocycles. The van der Waals surface area contributed by atoms with Crippen molar-refractivity contribution in [1.82, 2.24) is 0 Å². The van der Waals surface area contributed by atoms with Crippen LogP contribution in [-0.2, 0) is 0 Å². The van der Waals surface area contributed by atoms with Crippen LogP contribution in [0.1, 0.15) is 0 Å². The predicted octanol–water partition coefficient (Wildman–Crippen LogP) is 7.13. The van der Waals surface area contributed by atoms with Gasteiger partial charge in [-0.3, -0.25) is 0 Å². The van der Waals surface area contributed by atoms with E-state index in [1.807, 2.05) is 24.3 Å². The Hall–Kier alpha value is 0.680. The fourth-order valence-corrected chi connectivity index (χ4v) is 5.34. The van der Waals surface area contributed by atoms with Gasteiger partial charge in [-0.25, -0.2) is 0 Å². The molecule has 1 aliphatic heterocycles. The molecule has 0 saturated carbocycles. The lowest BCUT2D eigenvalue weighted by atomic mass is 10.3. The molecule has 3 rings (SSSR count). The van der Waals surface area contributed by atoms with Gasteiger partial charge in [0.25, 0.3) is 0 Å². The standard InChI is InChI=1S/C12H4Br2Cl2S2/c13-5-1-9-11(3-7(5)15)18-10-2-6(14)8(16)4-12(10)17-9/h1-4H. The van der Waals surface area contributed by atoms with Gasteiger partial charge in [-0.2, -0.15) is 0 Å². The Morgan fingerprint density at radius 1 is 0.667 bits per heavy atom. The van der Waals surface area contributed by atoms with E-state index >= 15 is 0 Å². The van der Waals surface area contributed by atoms with E-state index in [1.165, 1.54) is 19.6 Å². The molecule has 2 aromatic rings. The Kier molecular flexibility index (Phi) is 3.96. The maximum Gasteiger partial charge on any atom is 0.0560 e. The highest BCUT2D eigenvalue weighted by atomic mass is 79.9. The third-order valence-corrected chi connectivity index (χ3v) is 7.30. The Morgan fingerprint density at radius 3 is 1.39 bits per heavy atom. The summed E-state index contributed by atoms with van der Waals surface area (Å²) in [6.45, 7) is 0. The van der Waals surface area contributed by atoms with Crippen molar-refractivity contribution >= 4 is 78.6 Å². The molecule has 6 heteroatoms. The monoisotopic (exact) mass is 440 g/mol. The zero-order chi connectivity index (χ0) is 12.9. The van der Waals surface area contributed by atoms with Crippen LogP contribution >= 0.6 is 78.6 Å². The third-order valence-electron chi connectivity index (χ3n) is 2.41. The smallest absolute Gasteiger partial charge is 0.0560 e. The second-order valence-corrected chi connectivity index (χ2v) is 8.32. The molecule has 1 heterocycles. The number of benzene rings is 2. The SMILES string of the molecule is Clc1cc2c(cc1Br)Sc1cc(Cl)c(Br)cc1S2. The van der Waals surface area contributed by atoms with Gasteiger partial charge < -0.3 is 0 Å². The zero-order valence-electron chi connectivity index (χ0n) is 8.64. The van der Waals surface area contributed by atoms with E-state index in [-0.39, 0.29) is 0 Å². The quantitative estimate of drug-likeness (QED) is 0.363. The maximum absolute atomic E-state index is 6.13. The predicted molar refractivity (Wildman–Crippen MR) is 86.5 cm³/mol. The summed E-state index contributed by atoms with van der Waals surface area (Å²) >= 11 is 22.6. The third kappa shape index (κ3) is 2.48. The van der Waals surface area contributed by atoms with Gasteiger partial charge in [-0.05, 0) is 56.1 Å². The van der Waals surface area contributed by atoms with Crippen molar-refractivity contribution in [3.05, 3.63) is 43.3 Å². The summed E-state index contributed by atoms with van der Waals surface area (Å²) in [5, 5.41) is 1.47. The normalized spacial score (nSPS) is 13.1. The van der Waals surface area contributed by atoms with Gasteiger partial charge in [-0.15, -0.1) is 0 Å². The molecule has 0 radical (unpaired) electrons. The van der Waals surface area contributed by atoms with Crippen LogP contribution in [-0.4, -0.2) is 0 Å². The molecule has 0 unspecified atom stereocenters. The number of hydrogen-bond acceptors (Lipinski definition) is 2. The molecular formula is C12H4Br2Cl2S2. The van der Waals surface area contributed by atoms with Crippen LogP contribution in [0, 0.1) is 0 Å². The molecule has 0 amide bonds. The fourth-order valence-electron chi connectivity index (χ4n) is 1.58. The zero-order valence-corrected chi connectivity index (χ0v) is 15.0. The average Bonchev–Trinajstić information content (AvgIpc) is 2.31. The van der Waals surface area contributed by atoms with Crippen LogP contribution in [0.4, 0.5) is 0 Å². The Morgan fingerprint density at radius 2 is 1.00 bits per heavy atom. The van der Waals surface area contributed by atoms with E-state index in [0.29, 0.717) is 0 Å². The van der Waals surface area contributed by atoms with E-state index in [9.17, 15) is 0 Å². The highest BCUT2D eigenvalue weighted by Gasteiger charge is 2.20. The molecule has 0 aromatic heterocycles. The van der Waals surface area contributed by atoms with Crippen molar-refractivity contribution in [2.45, 2.75) is 19.6 Å². The molecule has 0 nitrogen and oxygen atoms in total. The van der Waals surface area contributed by atoms with Crippen LogP contribution in [0.3, 0.4) is 0 Å². The van der Waals surface area contributed by atoms with E-state index in [4.69, 9.17) is 23.2 Å². The minimum absolute atomic E-state index is 0.735. The van der Waals surface area contributed by atoms with Crippen molar-refractivity contribution in [2.75, 3.05) is 0 Å². The van der Waals surface area contributed by atoms with Crippen LogP contribution in [0.25, 0.3) is 0 Å². The summed E-state index contributed by atoms with van der Waals surface area (Å²) in [7, 11) is 0. The van der Waals surface area contributed by atoms with Gasteiger partial charge in [-0.1, -0.05) is 46.7 Å². The molecule has 92 valence electrons. The minimum Gasteiger partial charge on any atom is -0.0876 e. The first kappa shape index (κ1) is 13.7. The lowest BCUT2D eigenvalue weighted by molar-refractivity contribution is 1.15. The first-order chi connectivity index (χ1) is 8.54. The van der Waals surface area contributed by atoms with Crippen LogP contribution in [0.15, 0.2) is 52.8 Å². The minimum atomic E-state index is 0.735. The van der Waals surface area contributed by atoms with Crippen molar-refractivity contribution in [1.29, 1.82) is 0 Å². The van der Waals surface area contributed by atoms with Crippen LogP contribution in [0.5, 0.6) is 0 Å². The molecular weight excluding hydrogens is 439 g/mol. The van der Waals surface area contributed by atoms with Gasteiger partial charge >= 0.3 is 0 Å². The highest BCUT2D eigenvalue weighted by molar-refractivity contribution is 9.10. The summed E-state index contributed by atoms with van der Waals surface area (Å²) in [5.41, 5.74) is 0. The van der Waals surface area contributed by atoms with E-state index in [1.54, 1.807) is 23.5 Å². The molecule has 0 spiro atoms. The van der Waals surface area contributed by atoms with Crippen molar-refractivity contribution < 1.29 is 0 Å². The molecule has 1 aliphatic rings. The van der Waals surface area contributed by atoms with Gasteiger partial charge in [0.1, 0.15) is 0 Å². The summed E-state index contributed by atoms with van der Waals surface area (Å²) in [4.78, 5) is 4.74. The molecule has 0 saturated heterocycles. The number of halogens is 4. The molecule has 0 fully saturated rings. The largest absolute Gasteiger partial charge is 0.0876 e. The van der Waals surface area contributed by atoms with Gasteiger partial charge in [0.15, 0.2) is 0 Å². The molecule has 0 aliphatic carbocycles. The van der Waals surface area contributed by atoms with E-state index in [2.05, 4.69) is 31.9 Å². The number of hydrogen-bond donors (Lipinski definition) is 0. The number of rotatable bonds is 0. The van der Waals surface area contributed by atoms with Gasteiger partial charge in [0.2, 0.25) is 0 Å². The summed E-state index contributed by atoms with van der Waals surface area (Å²) < 4.78 is 1.84. The summed E-state index contributed by atoms with van der Waals surface area (Å²) in [5.74, 6) is 0. The first-order valence-corrected chi connectivity index (χ1v) is 8.86. The van der Waals surface area contributed by atoms with E-state index < -0.39 is 0 Å². The van der Waals surface area contributed by atoms with Crippen molar-refractivity contribution in [2.24, 2.45) is 0 Å². The van der Waals surface area contributed by atoms with Crippen LogP contribution < -0.4 is 0 Å². The number of fused-ring (bicyclic) bond motifs is 2. The van der Waals surface area contributed by atoms with E-state index in [0.717, 1.165) is 19.0 Å². The van der Waals surface area contributed by atoms with Gasteiger partial charge in [0.05, 0.1) is 10.0 Å². The lowest BCUT2D eigenvalue weighted by Crippen LogP contribution is -1.90. The lowest BCUT2D eigenvalue weighted by Gasteiger charge is -2.19. The molecule has 0 bridgehead atoms. The van der Waals surface area contributed by atoms with Crippen LogP contribution in [0.2, 0.25) is 10.0 Å². The second kappa shape index (κ2) is 5.23. The fraction of sp³-hybridized carbons (Fsp3) is 0. The van der Waals surface area contributed by atoms with Gasteiger partial charge in [0, 0.05) is 28.5 Å². The summed E-state index contributed by atoms with van der Waals surface area (Å²) in [6.07, 6.45) is 0. The Balaban J connectivity index is 2.12. The van der Waals surface area contributed by atoms with Crippen molar-refractivity contribution in [3.8, 4) is 0 Å². The Labute approximate surface area is 140 Å².